The van der Waals surface area contributed by atoms with Gasteiger partial charge in [0.25, 0.3) is 0 Å². The molecule has 0 saturated carbocycles. The molecule has 0 aliphatic rings. The molecule has 1 aromatic heterocycles. The molecule has 0 amide bonds. The van der Waals surface area contributed by atoms with Crippen molar-refractivity contribution in [1.29, 1.82) is 0 Å². The monoisotopic (exact) mass is 425 g/mol. The number of carbonyl (C=O) groups is 1. The molecule has 152 valence electrons. The summed E-state index contributed by atoms with van der Waals surface area (Å²) < 4.78 is 68.5. The van der Waals surface area contributed by atoms with Gasteiger partial charge in [0.1, 0.15) is 0 Å². The molecule has 0 unspecified atom stereocenters. The van der Waals surface area contributed by atoms with E-state index in [1.165, 1.54) is 36.4 Å². The van der Waals surface area contributed by atoms with Gasteiger partial charge in [0.2, 0.25) is 15.8 Å². The van der Waals surface area contributed by atoms with E-state index in [-0.39, 0.29) is 21.8 Å². The van der Waals surface area contributed by atoms with Crippen LogP contribution in [0.5, 0.6) is 0 Å². The minimum Gasteiger partial charge on any atom is -0.329 e. The zero-order valence-electron chi connectivity index (χ0n) is 14.9. The van der Waals surface area contributed by atoms with Gasteiger partial charge in [-0.2, -0.15) is 18.2 Å². The molecule has 0 fully saturated rings. The van der Waals surface area contributed by atoms with Crippen LogP contribution in [0.1, 0.15) is 21.8 Å². The SMILES string of the molecule is Cc1cccc(S(=O)(=O)NCC(=O)c2ccc(-c3noc(C(F)(F)F)n3)cc2)c1. The fourth-order valence-electron chi connectivity index (χ4n) is 2.39. The van der Waals surface area contributed by atoms with Crippen LogP contribution in [-0.4, -0.2) is 30.9 Å². The molecule has 11 heteroatoms. The maximum absolute atomic E-state index is 12.5. The van der Waals surface area contributed by atoms with Gasteiger partial charge in [-0.15, -0.1) is 0 Å². The van der Waals surface area contributed by atoms with Crippen LogP contribution in [0.15, 0.2) is 57.9 Å². The Kier molecular flexibility index (Phi) is 5.53. The van der Waals surface area contributed by atoms with Crippen LogP contribution in [0.3, 0.4) is 0 Å². The van der Waals surface area contributed by atoms with E-state index in [0.29, 0.717) is 0 Å². The van der Waals surface area contributed by atoms with Crippen molar-refractivity contribution in [2.45, 2.75) is 18.0 Å². The van der Waals surface area contributed by atoms with Crippen molar-refractivity contribution < 1.29 is 30.9 Å². The maximum atomic E-state index is 12.5. The smallest absolute Gasteiger partial charge is 0.329 e. The minimum absolute atomic E-state index is 0.0400. The van der Waals surface area contributed by atoms with Gasteiger partial charge in [0, 0.05) is 11.1 Å². The second kappa shape index (κ2) is 7.76. The summed E-state index contributed by atoms with van der Waals surface area (Å²) in [7, 11) is -3.86. The first kappa shape index (κ1) is 20.7. The van der Waals surface area contributed by atoms with Crippen LogP contribution in [0.25, 0.3) is 11.4 Å². The summed E-state index contributed by atoms with van der Waals surface area (Å²) >= 11 is 0. The molecule has 0 atom stereocenters. The first-order valence-corrected chi connectivity index (χ1v) is 9.65. The van der Waals surface area contributed by atoms with Crippen molar-refractivity contribution in [1.82, 2.24) is 14.9 Å². The zero-order valence-corrected chi connectivity index (χ0v) is 15.7. The van der Waals surface area contributed by atoms with Gasteiger partial charge in [0.15, 0.2) is 5.78 Å². The Morgan fingerprint density at radius 3 is 2.41 bits per heavy atom. The summed E-state index contributed by atoms with van der Waals surface area (Å²) in [6.45, 7) is 1.27. The van der Waals surface area contributed by atoms with Crippen LogP contribution < -0.4 is 4.72 Å². The lowest BCUT2D eigenvalue weighted by Crippen LogP contribution is -2.29. The highest BCUT2D eigenvalue weighted by molar-refractivity contribution is 7.89. The molecule has 2 aromatic carbocycles. The van der Waals surface area contributed by atoms with Gasteiger partial charge in [0.05, 0.1) is 11.4 Å². The highest BCUT2D eigenvalue weighted by atomic mass is 32.2. The summed E-state index contributed by atoms with van der Waals surface area (Å²) in [5.74, 6) is -2.27. The van der Waals surface area contributed by atoms with E-state index >= 15 is 0 Å². The van der Waals surface area contributed by atoms with Crippen LogP contribution in [-0.2, 0) is 16.2 Å². The van der Waals surface area contributed by atoms with E-state index in [1.807, 2.05) is 0 Å². The number of hydrogen-bond acceptors (Lipinski definition) is 6. The first-order valence-electron chi connectivity index (χ1n) is 8.17. The molecule has 7 nitrogen and oxygen atoms in total. The van der Waals surface area contributed by atoms with E-state index in [1.54, 1.807) is 19.1 Å². The number of aromatic nitrogens is 2. The van der Waals surface area contributed by atoms with Gasteiger partial charge in [-0.3, -0.25) is 4.79 Å². The average Bonchev–Trinajstić information content (AvgIpc) is 3.17. The molecule has 0 aliphatic carbocycles. The Bertz CT molecular complexity index is 1140. The van der Waals surface area contributed by atoms with E-state index in [4.69, 9.17) is 0 Å². The largest absolute Gasteiger partial charge is 0.471 e. The summed E-state index contributed by atoms with van der Waals surface area (Å²) in [5.41, 5.74) is 1.13. The topological polar surface area (TPSA) is 102 Å². The quantitative estimate of drug-likeness (QED) is 0.609. The standard InChI is InChI=1S/C18H14F3N3O4S/c1-11-3-2-4-14(9-11)29(26,27)22-10-15(25)12-5-7-13(8-6-12)16-23-17(28-24-16)18(19,20)21/h2-9,22H,10H2,1H3. The number of ketones is 1. The summed E-state index contributed by atoms with van der Waals surface area (Å²) in [6, 6.07) is 11.6. The average molecular weight is 425 g/mol. The van der Waals surface area contributed by atoms with E-state index in [2.05, 4.69) is 19.4 Å². The molecule has 3 rings (SSSR count). The van der Waals surface area contributed by atoms with Gasteiger partial charge >= 0.3 is 12.1 Å². The highest BCUT2D eigenvalue weighted by Crippen LogP contribution is 2.29. The van der Waals surface area contributed by atoms with Crippen molar-refractivity contribution in [3.8, 4) is 11.4 Å². The molecule has 0 spiro atoms. The summed E-state index contributed by atoms with van der Waals surface area (Å²) in [4.78, 5) is 15.5. The molecule has 1 heterocycles. The zero-order chi connectivity index (χ0) is 21.2. The summed E-state index contributed by atoms with van der Waals surface area (Å²) in [6.07, 6.45) is -4.75. The molecule has 0 radical (unpaired) electrons. The second-order valence-corrected chi connectivity index (χ2v) is 7.83. The number of alkyl halides is 3. The highest BCUT2D eigenvalue weighted by Gasteiger charge is 2.38. The van der Waals surface area contributed by atoms with Gasteiger partial charge in [-0.1, -0.05) is 41.6 Å². The lowest BCUT2D eigenvalue weighted by Gasteiger charge is -2.07. The molecular formula is C18H14F3N3O4S. The van der Waals surface area contributed by atoms with Crippen molar-refractivity contribution in [2.75, 3.05) is 6.54 Å². The lowest BCUT2D eigenvalue weighted by atomic mass is 10.1. The van der Waals surface area contributed by atoms with Gasteiger partial charge < -0.3 is 4.52 Å². The molecule has 29 heavy (non-hydrogen) atoms. The molecule has 0 saturated heterocycles. The Labute approximate surface area is 163 Å². The number of rotatable bonds is 6. The third kappa shape index (κ3) is 4.87. The Morgan fingerprint density at radius 1 is 1.14 bits per heavy atom. The number of benzene rings is 2. The third-order valence-electron chi connectivity index (χ3n) is 3.86. The minimum atomic E-state index is -4.75. The summed E-state index contributed by atoms with van der Waals surface area (Å²) in [5, 5.41) is 3.25. The lowest BCUT2D eigenvalue weighted by molar-refractivity contribution is -0.159. The normalized spacial score (nSPS) is 12.1. The Morgan fingerprint density at radius 2 is 1.83 bits per heavy atom. The fraction of sp³-hybridized carbons (Fsp3) is 0.167. The van der Waals surface area contributed by atoms with Gasteiger partial charge in [-0.25, -0.2) is 13.1 Å². The van der Waals surface area contributed by atoms with Crippen LogP contribution in [0.2, 0.25) is 0 Å². The van der Waals surface area contributed by atoms with E-state index in [9.17, 15) is 26.4 Å². The number of aryl methyl sites for hydroxylation is 1. The third-order valence-corrected chi connectivity index (χ3v) is 5.26. The fourth-order valence-corrected chi connectivity index (χ4v) is 3.48. The molecule has 1 N–H and O–H groups in total. The van der Waals surface area contributed by atoms with Crippen molar-refractivity contribution in [3.05, 3.63) is 65.5 Å². The van der Waals surface area contributed by atoms with Crippen LogP contribution in [0, 0.1) is 6.92 Å². The number of nitrogens with one attached hydrogen (secondary N) is 1. The Hall–Kier alpha value is -3.05. The Balaban J connectivity index is 1.68. The number of sulfonamides is 1. The predicted molar refractivity (Wildman–Crippen MR) is 95.4 cm³/mol. The van der Waals surface area contributed by atoms with Crippen molar-refractivity contribution in [2.24, 2.45) is 0 Å². The predicted octanol–water partition coefficient (Wildman–Crippen LogP) is 3.23. The maximum Gasteiger partial charge on any atom is 0.471 e. The number of hydrogen-bond donors (Lipinski definition) is 1. The number of nitrogens with zero attached hydrogens (tertiary/aromatic N) is 2. The van der Waals surface area contributed by atoms with E-state index in [0.717, 1.165) is 5.56 Å². The number of carbonyl (C=O) groups excluding carboxylic acids is 1. The van der Waals surface area contributed by atoms with Crippen molar-refractivity contribution >= 4 is 15.8 Å². The first-order chi connectivity index (χ1) is 13.6. The number of Topliss-reactive ketones (excluding diaryl/α,β-unsaturated/α-hetero) is 1. The molecule has 3 aromatic rings. The van der Waals surface area contributed by atoms with Crippen molar-refractivity contribution in [3.63, 3.8) is 0 Å². The van der Waals surface area contributed by atoms with Crippen LogP contribution >= 0.6 is 0 Å². The molecule has 0 aliphatic heterocycles. The second-order valence-electron chi connectivity index (χ2n) is 6.06. The number of halogens is 3. The van der Waals surface area contributed by atoms with Gasteiger partial charge in [-0.05, 0) is 24.6 Å². The van der Waals surface area contributed by atoms with E-state index < -0.39 is 34.4 Å². The molecular weight excluding hydrogens is 411 g/mol. The van der Waals surface area contributed by atoms with Crippen LogP contribution in [0.4, 0.5) is 13.2 Å². The molecule has 0 bridgehead atoms.